The summed E-state index contributed by atoms with van der Waals surface area (Å²) in [5.74, 6) is -0.474. The lowest BCUT2D eigenvalue weighted by Crippen LogP contribution is -2.37. The van der Waals surface area contributed by atoms with E-state index in [2.05, 4.69) is 14.8 Å². The number of aromatic nitrogens is 1. The Morgan fingerprint density at radius 1 is 1.11 bits per heavy atom. The number of rotatable bonds is 8. The topological polar surface area (TPSA) is 63.6 Å². The molecule has 0 atom stereocenters. The average Bonchev–Trinajstić information content (AvgIpc) is 2.90. The van der Waals surface area contributed by atoms with Gasteiger partial charge in [-0.2, -0.15) is 0 Å². The van der Waals surface area contributed by atoms with Crippen molar-refractivity contribution in [3.8, 4) is 0 Å². The molecule has 0 bridgehead atoms. The Hall–Kier alpha value is -2.08. The second-order valence-corrected chi connectivity index (χ2v) is 6.95. The van der Waals surface area contributed by atoms with Crippen LogP contribution in [0.25, 0.3) is 6.08 Å². The summed E-state index contributed by atoms with van der Waals surface area (Å²) in [6.45, 7) is 12.6. The third-order valence-electron chi connectivity index (χ3n) is 5.20. The molecular formula is C21H33N3O3. The molecule has 1 aliphatic heterocycles. The van der Waals surface area contributed by atoms with Crippen LogP contribution in [0.4, 0.5) is 0 Å². The van der Waals surface area contributed by atoms with Gasteiger partial charge in [-0.05, 0) is 59.7 Å². The van der Waals surface area contributed by atoms with E-state index in [4.69, 9.17) is 4.74 Å². The Kier molecular flexibility index (Phi) is 8.10. The number of nitrogens with zero attached hydrogens (tertiary/aromatic N) is 2. The lowest BCUT2D eigenvalue weighted by Gasteiger charge is -2.26. The second-order valence-electron chi connectivity index (χ2n) is 6.95. The first-order chi connectivity index (χ1) is 13.0. The van der Waals surface area contributed by atoms with E-state index < -0.39 is 0 Å². The van der Waals surface area contributed by atoms with Gasteiger partial charge in [-0.25, -0.2) is 4.79 Å². The number of ether oxygens (including phenoxy) is 1. The predicted octanol–water partition coefficient (Wildman–Crippen LogP) is 2.92. The van der Waals surface area contributed by atoms with Gasteiger partial charge in [-0.1, -0.05) is 6.42 Å². The van der Waals surface area contributed by atoms with E-state index in [0.29, 0.717) is 18.7 Å². The lowest BCUT2D eigenvalue weighted by atomic mass is 10.1. The number of hydrogen-bond donors (Lipinski definition) is 1. The van der Waals surface area contributed by atoms with Crippen LogP contribution in [0.2, 0.25) is 0 Å². The number of piperidine rings is 1. The van der Waals surface area contributed by atoms with Crippen LogP contribution in [0, 0.1) is 13.8 Å². The number of nitrogens with one attached hydrogen (secondary N) is 1. The van der Waals surface area contributed by atoms with Crippen LogP contribution in [0.5, 0.6) is 0 Å². The molecule has 0 saturated carbocycles. The summed E-state index contributed by atoms with van der Waals surface area (Å²) in [4.78, 5) is 27.0. The first kappa shape index (κ1) is 21.2. The largest absolute Gasteiger partial charge is 0.462 e. The fourth-order valence-corrected chi connectivity index (χ4v) is 3.79. The quantitative estimate of drug-likeness (QED) is 0.560. The number of amides is 1. The molecule has 1 aromatic heterocycles. The Morgan fingerprint density at radius 2 is 1.81 bits per heavy atom. The molecule has 6 heteroatoms. The molecule has 1 N–H and O–H groups in total. The normalized spacial score (nSPS) is 15.3. The van der Waals surface area contributed by atoms with Crippen molar-refractivity contribution in [1.29, 1.82) is 0 Å². The molecule has 0 aromatic carbocycles. The molecule has 0 unspecified atom stereocenters. The third kappa shape index (κ3) is 5.45. The van der Waals surface area contributed by atoms with Crippen molar-refractivity contribution in [3.63, 3.8) is 0 Å². The summed E-state index contributed by atoms with van der Waals surface area (Å²) in [7, 11) is 0. The number of likely N-dealkylation sites (tertiary alicyclic amines) is 1. The number of carbonyl (C=O) groups is 2. The van der Waals surface area contributed by atoms with Gasteiger partial charge in [0.25, 0.3) is 0 Å². The van der Waals surface area contributed by atoms with E-state index in [9.17, 15) is 9.59 Å². The summed E-state index contributed by atoms with van der Waals surface area (Å²) in [5, 5.41) is 2.94. The molecule has 2 rings (SSSR count). The molecule has 0 spiro atoms. The highest BCUT2D eigenvalue weighted by atomic mass is 16.5. The van der Waals surface area contributed by atoms with Crippen molar-refractivity contribution >= 4 is 18.0 Å². The van der Waals surface area contributed by atoms with Crippen LogP contribution in [-0.2, 0) is 16.1 Å². The van der Waals surface area contributed by atoms with Gasteiger partial charge in [-0.3, -0.25) is 4.79 Å². The van der Waals surface area contributed by atoms with Crippen LogP contribution in [0.1, 0.15) is 60.4 Å². The van der Waals surface area contributed by atoms with Crippen molar-refractivity contribution in [2.45, 2.75) is 53.5 Å². The number of carbonyl (C=O) groups excluding carboxylic acids is 2. The molecule has 27 heavy (non-hydrogen) atoms. The molecule has 1 aliphatic rings. The zero-order valence-electron chi connectivity index (χ0n) is 17.1. The van der Waals surface area contributed by atoms with Gasteiger partial charge in [0.1, 0.15) is 0 Å². The van der Waals surface area contributed by atoms with Crippen molar-refractivity contribution < 1.29 is 14.3 Å². The van der Waals surface area contributed by atoms with Gasteiger partial charge < -0.3 is 19.5 Å². The molecule has 1 aromatic rings. The van der Waals surface area contributed by atoms with Gasteiger partial charge in [0.15, 0.2) is 0 Å². The molecule has 0 aliphatic carbocycles. The maximum absolute atomic E-state index is 12.4. The molecule has 0 radical (unpaired) electrons. The highest BCUT2D eigenvalue weighted by Crippen LogP contribution is 2.24. The van der Waals surface area contributed by atoms with Gasteiger partial charge in [0.2, 0.25) is 5.91 Å². The van der Waals surface area contributed by atoms with Crippen LogP contribution < -0.4 is 5.32 Å². The Bertz CT molecular complexity index is 685. The van der Waals surface area contributed by atoms with Crippen molar-refractivity contribution in [1.82, 2.24) is 14.8 Å². The summed E-state index contributed by atoms with van der Waals surface area (Å²) < 4.78 is 7.28. The Labute approximate surface area is 162 Å². The maximum Gasteiger partial charge on any atom is 0.340 e. The Morgan fingerprint density at radius 3 is 2.44 bits per heavy atom. The minimum atomic E-state index is -0.338. The van der Waals surface area contributed by atoms with Gasteiger partial charge in [-0.15, -0.1) is 0 Å². The Balaban J connectivity index is 2.03. The standard InChI is InChI=1S/C21H33N3O3/c1-5-24-16(3)18(20(17(24)4)21(26)27-6-2)10-11-19(25)22-12-15-23-13-8-7-9-14-23/h10-11H,5-9,12-15H2,1-4H3,(H,22,25). The first-order valence-corrected chi connectivity index (χ1v) is 10.0. The van der Waals surface area contributed by atoms with E-state index in [-0.39, 0.29) is 11.9 Å². The average molecular weight is 376 g/mol. The van der Waals surface area contributed by atoms with E-state index >= 15 is 0 Å². The van der Waals surface area contributed by atoms with Crippen LogP contribution in [0.15, 0.2) is 6.08 Å². The zero-order chi connectivity index (χ0) is 19.8. The van der Waals surface area contributed by atoms with E-state index in [1.165, 1.54) is 25.3 Å². The summed E-state index contributed by atoms with van der Waals surface area (Å²) in [5.41, 5.74) is 3.15. The molecule has 6 nitrogen and oxygen atoms in total. The highest BCUT2D eigenvalue weighted by molar-refractivity contribution is 5.98. The minimum Gasteiger partial charge on any atom is -0.462 e. The van der Waals surface area contributed by atoms with Gasteiger partial charge in [0.05, 0.1) is 12.2 Å². The minimum absolute atomic E-state index is 0.136. The molecule has 150 valence electrons. The van der Waals surface area contributed by atoms with Crippen molar-refractivity contribution in [2.24, 2.45) is 0 Å². The smallest absolute Gasteiger partial charge is 0.340 e. The first-order valence-electron chi connectivity index (χ1n) is 10.0. The molecule has 1 fully saturated rings. The fraction of sp³-hybridized carbons (Fsp3) is 0.619. The van der Waals surface area contributed by atoms with E-state index in [1.807, 2.05) is 20.8 Å². The maximum atomic E-state index is 12.4. The lowest BCUT2D eigenvalue weighted by molar-refractivity contribution is -0.116. The zero-order valence-corrected chi connectivity index (χ0v) is 17.1. The predicted molar refractivity (Wildman–Crippen MR) is 108 cm³/mol. The molecule has 1 saturated heterocycles. The van der Waals surface area contributed by atoms with E-state index in [0.717, 1.165) is 43.1 Å². The summed E-state index contributed by atoms with van der Waals surface area (Å²) >= 11 is 0. The van der Waals surface area contributed by atoms with Crippen LogP contribution in [0.3, 0.4) is 0 Å². The summed E-state index contributed by atoms with van der Waals surface area (Å²) in [6, 6.07) is 0. The SMILES string of the molecule is CCOC(=O)c1c(C=CC(=O)NCCN2CCCCC2)c(C)n(CC)c1C. The summed E-state index contributed by atoms with van der Waals surface area (Å²) in [6.07, 6.45) is 7.05. The molecular weight excluding hydrogens is 342 g/mol. The van der Waals surface area contributed by atoms with Crippen molar-refractivity contribution in [2.75, 3.05) is 32.8 Å². The van der Waals surface area contributed by atoms with Crippen molar-refractivity contribution in [3.05, 3.63) is 28.6 Å². The second kappa shape index (κ2) is 10.3. The number of hydrogen-bond acceptors (Lipinski definition) is 4. The fourth-order valence-electron chi connectivity index (χ4n) is 3.79. The monoisotopic (exact) mass is 375 g/mol. The third-order valence-corrected chi connectivity index (χ3v) is 5.20. The van der Waals surface area contributed by atoms with E-state index in [1.54, 1.807) is 13.0 Å². The van der Waals surface area contributed by atoms with Gasteiger partial charge in [0, 0.05) is 42.7 Å². The van der Waals surface area contributed by atoms with Gasteiger partial charge >= 0.3 is 5.97 Å². The molecule has 2 heterocycles. The molecule has 1 amide bonds. The highest BCUT2D eigenvalue weighted by Gasteiger charge is 2.22. The van der Waals surface area contributed by atoms with Crippen LogP contribution in [-0.4, -0.2) is 54.1 Å². The van der Waals surface area contributed by atoms with Crippen LogP contribution >= 0.6 is 0 Å². The number of esters is 1.